The molecule has 0 saturated heterocycles. The van der Waals surface area contributed by atoms with Gasteiger partial charge in [0, 0.05) is 18.3 Å². The molecular formula is C13H11BrN2O2. The molecule has 0 unspecified atom stereocenters. The number of nitro benzene ring substituents is 1. The Labute approximate surface area is 113 Å². The van der Waals surface area contributed by atoms with Crippen molar-refractivity contribution in [2.45, 2.75) is 6.54 Å². The van der Waals surface area contributed by atoms with Crippen LogP contribution in [0.15, 0.2) is 53.0 Å². The van der Waals surface area contributed by atoms with Crippen molar-refractivity contribution in [2.24, 2.45) is 0 Å². The molecule has 4 nitrogen and oxygen atoms in total. The van der Waals surface area contributed by atoms with Gasteiger partial charge in [-0.3, -0.25) is 10.1 Å². The first-order chi connectivity index (χ1) is 8.68. The standard InChI is InChI=1S/C13H11BrN2O2/c14-13-10(5-4-8-12(13)16(17)18)9-15-11-6-2-1-3-7-11/h1-8,15H,9H2. The van der Waals surface area contributed by atoms with Crippen molar-refractivity contribution in [2.75, 3.05) is 5.32 Å². The highest BCUT2D eigenvalue weighted by atomic mass is 79.9. The third-order valence-electron chi connectivity index (χ3n) is 2.51. The van der Waals surface area contributed by atoms with Crippen LogP contribution < -0.4 is 5.32 Å². The van der Waals surface area contributed by atoms with Gasteiger partial charge < -0.3 is 5.32 Å². The van der Waals surface area contributed by atoms with Gasteiger partial charge in [0.05, 0.1) is 4.92 Å². The highest BCUT2D eigenvalue weighted by Crippen LogP contribution is 2.28. The number of hydrogen-bond acceptors (Lipinski definition) is 3. The first-order valence-electron chi connectivity index (χ1n) is 5.39. The van der Waals surface area contributed by atoms with Gasteiger partial charge in [0.2, 0.25) is 0 Å². The molecule has 0 fully saturated rings. The number of hydrogen-bond donors (Lipinski definition) is 1. The Morgan fingerprint density at radius 3 is 2.50 bits per heavy atom. The molecule has 18 heavy (non-hydrogen) atoms. The summed E-state index contributed by atoms with van der Waals surface area (Å²) in [4.78, 5) is 10.4. The molecule has 0 atom stereocenters. The molecular weight excluding hydrogens is 296 g/mol. The van der Waals surface area contributed by atoms with Gasteiger partial charge in [0.25, 0.3) is 5.69 Å². The lowest BCUT2D eigenvalue weighted by Crippen LogP contribution is -2.01. The van der Waals surface area contributed by atoms with Crippen LogP contribution >= 0.6 is 15.9 Å². The minimum Gasteiger partial charge on any atom is -0.381 e. The van der Waals surface area contributed by atoms with Gasteiger partial charge in [-0.1, -0.05) is 30.3 Å². The van der Waals surface area contributed by atoms with Gasteiger partial charge in [0.15, 0.2) is 0 Å². The topological polar surface area (TPSA) is 55.2 Å². The maximum Gasteiger partial charge on any atom is 0.283 e. The molecule has 0 heterocycles. The number of para-hydroxylation sites is 1. The van der Waals surface area contributed by atoms with Crippen LogP contribution in [0.5, 0.6) is 0 Å². The number of rotatable bonds is 4. The maximum atomic E-state index is 10.8. The second kappa shape index (κ2) is 5.64. The monoisotopic (exact) mass is 306 g/mol. The van der Waals surface area contributed by atoms with Crippen LogP contribution in [0.3, 0.4) is 0 Å². The quantitative estimate of drug-likeness (QED) is 0.687. The highest BCUT2D eigenvalue weighted by molar-refractivity contribution is 9.10. The number of nitrogens with one attached hydrogen (secondary N) is 1. The number of nitrogens with zero attached hydrogens (tertiary/aromatic N) is 1. The van der Waals surface area contributed by atoms with E-state index in [0.29, 0.717) is 11.0 Å². The molecule has 0 aliphatic carbocycles. The van der Waals surface area contributed by atoms with E-state index in [-0.39, 0.29) is 5.69 Å². The van der Waals surface area contributed by atoms with E-state index in [1.807, 2.05) is 36.4 Å². The van der Waals surface area contributed by atoms with Crippen molar-refractivity contribution in [1.29, 1.82) is 0 Å². The lowest BCUT2D eigenvalue weighted by Gasteiger charge is -2.08. The minimum absolute atomic E-state index is 0.0855. The van der Waals surface area contributed by atoms with Gasteiger partial charge >= 0.3 is 0 Å². The number of nitro groups is 1. The van der Waals surface area contributed by atoms with Crippen molar-refractivity contribution in [3.63, 3.8) is 0 Å². The Kier molecular flexibility index (Phi) is 3.94. The molecule has 92 valence electrons. The average Bonchev–Trinajstić information content (AvgIpc) is 2.38. The molecule has 2 aromatic carbocycles. The highest BCUT2D eigenvalue weighted by Gasteiger charge is 2.14. The maximum absolute atomic E-state index is 10.8. The molecule has 0 aliphatic rings. The summed E-state index contributed by atoms with van der Waals surface area (Å²) in [6, 6.07) is 14.7. The van der Waals surface area contributed by atoms with E-state index < -0.39 is 4.92 Å². The summed E-state index contributed by atoms with van der Waals surface area (Å²) in [5.74, 6) is 0. The lowest BCUT2D eigenvalue weighted by molar-refractivity contribution is -0.385. The fourth-order valence-corrected chi connectivity index (χ4v) is 2.15. The third kappa shape index (κ3) is 2.87. The van der Waals surface area contributed by atoms with Gasteiger partial charge in [-0.15, -0.1) is 0 Å². The molecule has 2 aromatic rings. The summed E-state index contributed by atoms with van der Waals surface area (Å²) in [6.07, 6.45) is 0. The summed E-state index contributed by atoms with van der Waals surface area (Å²) >= 11 is 3.27. The molecule has 0 aliphatic heterocycles. The van der Waals surface area contributed by atoms with Gasteiger partial charge in [0.1, 0.15) is 4.47 Å². The van der Waals surface area contributed by atoms with Crippen LogP contribution in [-0.2, 0) is 6.54 Å². The van der Waals surface area contributed by atoms with Crippen LogP contribution in [0.2, 0.25) is 0 Å². The molecule has 0 amide bonds. The summed E-state index contributed by atoms with van der Waals surface area (Å²) in [5, 5.41) is 14.0. The van der Waals surface area contributed by atoms with Crippen molar-refractivity contribution in [3.8, 4) is 0 Å². The zero-order chi connectivity index (χ0) is 13.0. The largest absolute Gasteiger partial charge is 0.381 e. The third-order valence-corrected chi connectivity index (χ3v) is 3.43. The predicted octanol–water partition coefficient (Wildman–Crippen LogP) is 3.97. The number of benzene rings is 2. The van der Waals surface area contributed by atoms with Gasteiger partial charge in [-0.05, 0) is 33.6 Å². The van der Waals surface area contributed by atoms with Crippen molar-refractivity contribution in [1.82, 2.24) is 0 Å². The van der Waals surface area contributed by atoms with Crippen LogP contribution in [0.4, 0.5) is 11.4 Å². The van der Waals surface area contributed by atoms with E-state index in [2.05, 4.69) is 21.2 Å². The van der Waals surface area contributed by atoms with E-state index in [9.17, 15) is 10.1 Å². The van der Waals surface area contributed by atoms with Gasteiger partial charge in [-0.2, -0.15) is 0 Å². The van der Waals surface area contributed by atoms with E-state index in [1.165, 1.54) is 6.07 Å². The summed E-state index contributed by atoms with van der Waals surface area (Å²) in [7, 11) is 0. The van der Waals surface area contributed by atoms with Crippen molar-refractivity contribution >= 4 is 27.3 Å². The Morgan fingerprint density at radius 2 is 1.83 bits per heavy atom. The fourth-order valence-electron chi connectivity index (χ4n) is 1.60. The predicted molar refractivity (Wildman–Crippen MR) is 74.6 cm³/mol. The van der Waals surface area contributed by atoms with Crippen LogP contribution in [0, 0.1) is 10.1 Å². The molecule has 0 saturated carbocycles. The Morgan fingerprint density at radius 1 is 1.11 bits per heavy atom. The first-order valence-corrected chi connectivity index (χ1v) is 6.18. The van der Waals surface area contributed by atoms with E-state index in [1.54, 1.807) is 6.07 Å². The summed E-state index contributed by atoms with van der Waals surface area (Å²) < 4.78 is 0.526. The van der Waals surface area contributed by atoms with Crippen molar-refractivity contribution < 1.29 is 4.92 Å². The Hall–Kier alpha value is -1.88. The number of anilines is 1. The molecule has 0 aromatic heterocycles. The van der Waals surface area contributed by atoms with E-state index >= 15 is 0 Å². The van der Waals surface area contributed by atoms with E-state index in [4.69, 9.17) is 0 Å². The summed E-state index contributed by atoms with van der Waals surface area (Å²) in [5.41, 5.74) is 1.92. The minimum atomic E-state index is -0.393. The first kappa shape index (κ1) is 12.6. The second-order valence-electron chi connectivity index (χ2n) is 3.73. The van der Waals surface area contributed by atoms with Crippen LogP contribution in [0.1, 0.15) is 5.56 Å². The van der Waals surface area contributed by atoms with Gasteiger partial charge in [-0.25, -0.2) is 0 Å². The molecule has 0 radical (unpaired) electrons. The average molecular weight is 307 g/mol. The smallest absolute Gasteiger partial charge is 0.283 e. The van der Waals surface area contributed by atoms with Crippen LogP contribution in [0.25, 0.3) is 0 Å². The van der Waals surface area contributed by atoms with Crippen LogP contribution in [-0.4, -0.2) is 4.92 Å². The lowest BCUT2D eigenvalue weighted by atomic mass is 10.2. The Balaban J connectivity index is 2.15. The second-order valence-corrected chi connectivity index (χ2v) is 4.52. The normalized spacial score (nSPS) is 10.1. The molecule has 5 heteroatoms. The molecule has 0 bridgehead atoms. The summed E-state index contributed by atoms with van der Waals surface area (Å²) in [6.45, 7) is 0.534. The Bertz CT molecular complexity index is 558. The van der Waals surface area contributed by atoms with E-state index in [0.717, 1.165) is 11.3 Å². The molecule has 2 rings (SSSR count). The SMILES string of the molecule is O=[N+]([O-])c1cccc(CNc2ccccc2)c1Br. The van der Waals surface area contributed by atoms with Crippen molar-refractivity contribution in [3.05, 3.63) is 68.7 Å². The number of halogens is 1. The zero-order valence-electron chi connectivity index (χ0n) is 9.47. The molecule has 1 N–H and O–H groups in total. The fraction of sp³-hybridized carbons (Fsp3) is 0.0769. The zero-order valence-corrected chi connectivity index (χ0v) is 11.1. The molecule has 0 spiro atoms.